The van der Waals surface area contributed by atoms with E-state index >= 15 is 0 Å². The Morgan fingerprint density at radius 3 is 2.53 bits per heavy atom. The molecule has 0 radical (unpaired) electrons. The van der Waals surface area contributed by atoms with Crippen LogP contribution in [-0.2, 0) is 0 Å². The average Bonchev–Trinajstić information content (AvgIpc) is 2.29. The molecular weight excluding hydrogens is 219 g/mol. The summed E-state index contributed by atoms with van der Waals surface area (Å²) in [5, 5.41) is 17.5. The van der Waals surface area contributed by atoms with E-state index in [1.54, 1.807) is 6.07 Å². The second-order valence-electron chi connectivity index (χ2n) is 4.23. The smallest absolute Gasteiger partial charge is 0.512 e. The van der Waals surface area contributed by atoms with Gasteiger partial charge in [-0.15, -0.1) is 0 Å². The number of piperazine rings is 1. The van der Waals surface area contributed by atoms with Crippen molar-refractivity contribution in [2.24, 2.45) is 0 Å². The van der Waals surface area contributed by atoms with Crippen LogP contribution in [0.4, 0.5) is 5.69 Å². The number of likely N-dealkylation sites (N-methyl/N-ethyl adjacent to an activating group) is 1. The molecule has 0 unspecified atom stereocenters. The Bertz CT molecular complexity index is 367. The predicted octanol–water partition coefficient (Wildman–Crippen LogP) is -0.213. The Morgan fingerprint density at radius 2 is 1.88 bits per heavy atom. The van der Waals surface area contributed by atoms with Crippen molar-refractivity contribution >= 4 is 13.0 Å². The lowest BCUT2D eigenvalue weighted by molar-refractivity contribution is 0.288. The molecule has 0 aliphatic carbocycles. The first-order valence-electron chi connectivity index (χ1n) is 5.71. The molecule has 0 saturated carbocycles. The van der Waals surface area contributed by atoms with E-state index in [9.17, 15) is 0 Å². The summed E-state index contributed by atoms with van der Waals surface area (Å²) in [4.78, 5) is 4.55. The Labute approximate surface area is 101 Å². The second kappa shape index (κ2) is 5.40. The number of rotatable bonds is 3. The third-order valence-electron chi connectivity index (χ3n) is 2.93. The van der Waals surface area contributed by atoms with Gasteiger partial charge in [0.25, 0.3) is 0 Å². The van der Waals surface area contributed by atoms with Gasteiger partial charge in [-0.1, -0.05) is 6.07 Å². The molecule has 6 heteroatoms. The Hall–Kier alpha value is -1.24. The second-order valence-corrected chi connectivity index (χ2v) is 4.23. The van der Waals surface area contributed by atoms with Gasteiger partial charge in [0.05, 0.1) is 0 Å². The van der Waals surface area contributed by atoms with Gasteiger partial charge in [0, 0.05) is 37.9 Å². The molecule has 2 N–H and O–H groups in total. The third-order valence-corrected chi connectivity index (χ3v) is 2.93. The molecule has 1 saturated heterocycles. The van der Waals surface area contributed by atoms with Crippen LogP contribution in [-0.4, -0.2) is 55.5 Å². The summed E-state index contributed by atoms with van der Waals surface area (Å²) in [5.41, 5.74) is 1.05. The number of benzene rings is 1. The molecule has 17 heavy (non-hydrogen) atoms. The maximum absolute atomic E-state index is 8.75. The Morgan fingerprint density at radius 1 is 1.18 bits per heavy atom. The first-order chi connectivity index (χ1) is 8.15. The lowest BCUT2D eigenvalue weighted by atomic mass is 10.2. The van der Waals surface area contributed by atoms with E-state index in [2.05, 4.69) is 16.8 Å². The van der Waals surface area contributed by atoms with Crippen molar-refractivity contribution in [3.8, 4) is 5.75 Å². The highest BCUT2D eigenvalue weighted by molar-refractivity contribution is 6.33. The molecule has 0 spiro atoms. The van der Waals surface area contributed by atoms with E-state index in [0.717, 1.165) is 31.9 Å². The van der Waals surface area contributed by atoms with E-state index in [4.69, 9.17) is 14.7 Å². The average molecular weight is 236 g/mol. The van der Waals surface area contributed by atoms with Crippen LogP contribution in [0.2, 0.25) is 0 Å². The zero-order valence-electron chi connectivity index (χ0n) is 9.91. The molecule has 0 aromatic heterocycles. The summed E-state index contributed by atoms with van der Waals surface area (Å²) in [5.74, 6) is 0.469. The minimum Gasteiger partial charge on any atom is -0.512 e. The molecular formula is C11H17BN2O3. The zero-order chi connectivity index (χ0) is 12.3. The van der Waals surface area contributed by atoms with Crippen molar-refractivity contribution in [3.63, 3.8) is 0 Å². The molecule has 5 nitrogen and oxygen atoms in total. The fourth-order valence-electron chi connectivity index (χ4n) is 1.94. The van der Waals surface area contributed by atoms with Crippen LogP contribution in [0.1, 0.15) is 0 Å². The molecule has 1 aromatic carbocycles. The highest BCUT2D eigenvalue weighted by Crippen LogP contribution is 2.22. The van der Waals surface area contributed by atoms with Gasteiger partial charge in [-0.2, -0.15) is 0 Å². The maximum Gasteiger partial charge on any atom is 0.707 e. The molecule has 1 aromatic rings. The van der Waals surface area contributed by atoms with Crippen molar-refractivity contribution < 1.29 is 14.7 Å². The molecule has 1 heterocycles. The van der Waals surface area contributed by atoms with Crippen LogP contribution < -0.4 is 9.55 Å². The van der Waals surface area contributed by atoms with Crippen LogP contribution >= 0.6 is 0 Å². The van der Waals surface area contributed by atoms with Crippen LogP contribution in [0, 0.1) is 0 Å². The lowest BCUT2D eigenvalue weighted by Gasteiger charge is -2.34. The zero-order valence-corrected chi connectivity index (χ0v) is 9.91. The molecule has 1 fully saturated rings. The number of hydrogen-bond donors (Lipinski definition) is 2. The van der Waals surface area contributed by atoms with Crippen molar-refractivity contribution in [1.29, 1.82) is 0 Å². The van der Waals surface area contributed by atoms with E-state index in [1.165, 1.54) is 0 Å². The number of hydrogen-bond acceptors (Lipinski definition) is 5. The van der Waals surface area contributed by atoms with Gasteiger partial charge in [-0.25, -0.2) is 0 Å². The van der Waals surface area contributed by atoms with Gasteiger partial charge in [0.1, 0.15) is 5.75 Å². The van der Waals surface area contributed by atoms with E-state index in [1.807, 2.05) is 18.2 Å². The molecule has 1 aliphatic heterocycles. The minimum atomic E-state index is -1.77. The summed E-state index contributed by atoms with van der Waals surface area (Å²) in [7, 11) is 0.344. The fraction of sp³-hybridized carbons (Fsp3) is 0.455. The number of nitrogens with zero attached hydrogens (tertiary/aromatic N) is 2. The van der Waals surface area contributed by atoms with Gasteiger partial charge in [-0.3, -0.25) is 0 Å². The third kappa shape index (κ3) is 3.36. The van der Waals surface area contributed by atoms with Gasteiger partial charge < -0.3 is 24.5 Å². The van der Waals surface area contributed by atoms with Crippen LogP contribution in [0.15, 0.2) is 24.3 Å². The highest BCUT2D eigenvalue weighted by atomic mass is 16.6. The summed E-state index contributed by atoms with van der Waals surface area (Å²) < 4.78 is 4.84. The quantitative estimate of drug-likeness (QED) is 0.711. The topological polar surface area (TPSA) is 56.2 Å². The first-order valence-corrected chi connectivity index (χ1v) is 5.71. The monoisotopic (exact) mass is 236 g/mol. The van der Waals surface area contributed by atoms with Crippen LogP contribution in [0.3, 0.4) is 0 Å². The molecule has 92 valence electrons. The van der Waals surface area contributed by atoms with Gasteiger partial charge in [-0.05, 0) is 19.2 Å². The van der Waals surface area contributed by atoms with Gasteiger partial charge in [0.15, 0.2) is 0 Å². The molecule has 0 bridgehead atoms. The van der Waals surface area contributed by atoms with Gasteiger partial charge in [0.2, 0.25) is 0 Å². The van der Waals surface area contributed by atoms with Crippen LogP contribution in [0.25, 0.3) is 0 Å². The highest BCUT2D eigenvalue weighted by Gasteiger charge is 2.16. The summed E-state index contributed by atoms with van der Waals surface area (Å²) in [6.07, 6.45) is 0. The van der Waals surface area contributed by atoms with Crippen molar-refractivity contribution in [1.82, 2.24) is 4.90 Å². The van der Waals surface area contributed by atoms with Crippen molar-refractivity contribution in [3.05, 3.63) is 24.3 Å². The molecule has 0 atom stereocenters. The van der Waals surface area contributed by atoms with E-state index in [0.29, 0.717) is 5.75 Å². The normalized spacial score (nSPS) is 17.0. The molecule has 1 aliphatic rings. The van der Waals surface area contributed by atoms with Gasteiger partial charge >= 0.3 is 7.32 Å². The maximum atomic E-state index is 8.75. The SMILES string of the molecule is CN1CCN(c2cccc(OB(O)O)c2)CC1. The fourth-order valence-corrected chi connectivity index (χ4v) is 1.94. The minimum absolute atomic E-state index is 0.469. The van der Waals surface area contributed by atoms with Crippen LogP contribution in [0.5, 0.6) is 5.75 Å². The molecule has 0 amide bonds. The standard InChI is InChI=1S/C11H17BN2O3/c1-13-5-7-14(8-6-13)10-3-2-4-11(9-10)17-12(15)16/h2-4,9,15-16H,5-8H2,1H3. The van der Waals surface area contributed by atoms with Crippen molar-refractivity contribution in [2.75, 3.05) is 38.1 Å². The number of anilines is 1. The largest absolute Gasteiger partial charge is 0.707 e. The lowest BCUT2D eigenvalue weighted by Crippen LogP contribution is -2.44. The summed E-state index contributed by atoms with van der Waals surface area (Å²) >= 11 is 0. The summed E-state index contributed by atoms with van der Waals surface area (Å²) in [6.45, 7) is 4.02. The first kappa shape index (κ1) is 12.2. The Balaban J connectivity index is 2.05. The summed E-state index contributed by atoms with van der Waals surface area (Å²) in [6, 6.07) is 7.39. The predicted molar refractivity (Wildman–Crippen MR) is 67.0 cm³/mol. The Kier molecular flexibility index (Phi) is 3.88. The van der Waals surface area contributed by atoms with E-state index in [-0.39, 0.29) is 0 Å². The van der Waals surface area contributed by atoms with E-state index < -0.39 is 7.32 Å². The molecule has 2 rings (SSSR count). The van der Waals surface area contributed by atoms with Crippen molar-refractivity contribution in [2.45, 2.75) is 0 Å².